The van der Waals surface area contributed by atoms with E-state index in [-0.39, 0.29) is 12.0 Å². The summed E-state index contributed by atoms with van der Waals surface area (Å²) >= 11 is 0. The Balaban J connectivity index is 1.92. The third-order valence-corrected chi connectivity index (χ3v) is 3.97. The standard InChI is InChI=1S/C22H27N3O4/c1-4-5-10-20(26)23-17-13-11-16(12-14-17)21(27)24-25-22(28)18-8-6-7-9-19(18)29-15(2)3/h6-9,11-15H,4-5,10H2,1-3H3,(H,23,26)(H,24,27)(H,25,28). The Labute approximate surface area is 170 Å². The minimum Gasteiger partial charge on any atom is -0.490 e. The number of para-hydroxylation sites is 1. The molecule has 3 N–H and O–H groups in total. The minimum absolute atomic E-state index is 0.0569. The number of unbranched alkanes of at least 4 members (excludes halogenated alkanes) is 1. The molecule has 7 heteroatoms. The summed E-state index contributed by atoms with van der Waals surface area (Å²) in [7, 11) is 0. The fourth-order valence-electron chi connectivity index (χ4n) is 2.53. The van der Waals surface area contributed by atoms with Crippen LogP contribution in [0, 0.1) is 0 Å². The van der Waals surface area contributed by atoms with Crippen molar-refractivity contribution in [2.24, 2.45) is 0 Å². The first kappa shape index (κ1) is 21.9. The number of hydrazine groups is 1. The van der Waals surface area contributed by atoms with Crippen LogP contribution in [0.15, 0.2) is 48.5 Å². The lowest BCUT2D eigenvalue weighted by molar-refractivity contribution is -0.116. The highest BCUT2D eigenvalue weighted by Crippen LogP contribution is 2.19. The van der Waals surface area contributed by atoms with Gasteiger partial charge in [0.15, 0.2) is 0 Å². The maximum atomic E-state index is 12.4. The van der Waals surface area contributed by atoms with Crippen LogP contribution in [0.4, 0.5) is 5.69 Å². The number of hydrogen-bond acceptors (Lipinski definition) is 4. The molecule has 0 radical (unpaired) electrons. The van der Waals surface area contributed by atoms with Gasteiger partial charge in [0.25, 0.3) is 11.8 Å². The van der Waals surface area contributed by atoms with Gasteiger partial charge in [0.1, 0.15) is 5.75 Å². The highest BCUT2D eigenvalue weighted by molar-refractivity contribution is 6.00. The smallest absolute Gasteiger partial charge is 0.273 e. The Bertz CT molecular complexity index is 847. The number of carbonyl (C=O) groups excluding carboxylic acids is 3. The van der Waals surface area contributed by atoms with Crippen LogP contribution < -0.4 is 20.9 Å². The molecular weight excluding hydrogens is 370 g/mol. The summed E-state index contributed by atoms with van der Waals surface area (Å²) in [6.07, 6.45) is 2.16. The zero-order chi connectivity index (χ0) is 21.2. The zero-order valence-corrected chi connectivity index (χ0v) is 17.0. The number of rotatable bonds is 8. The van der Waals surface area contributed by atoms with E-state index in [2.05, 4.69) is 16.2 Å². The molecule has 0 aliphatic rings. The lowest BCUT2D eigenvalue weighted by Crippen LogP contribution is -2.41. The van der Waals surface area contributed by atoms with E-state index in [0.29, 0.717) is 29.0 Å². The third kappa shape index (κ3) is 6.95. The van der Waals surface area contributed by atoms with Crippen molar-refractivity contribution in [1.29, 1.82) is 0 Å². The molecule has 0 aliphatic heterocycles. The van der Waals surface area contributed by atoms with Crippen LogP contribution in [-0.2, 0) is 4.79 Å². The molecule has 29 heavy (non-hydrogen) atoms. The second-order valence-corrected chi connectivity index (χ2v) is 6.80. The molecule has 154 valence electrons. The quantitative estimate of drug-likeness (QED) is 0.592. The van der Waals surface area contributed by atoms with Crippen LogP contribution in [0.25, 0.3) is 0 Å². The molecule has 0 saturated carbocycles. The molecule has 2 aromatic rings. The fraction of sp³-hybridized carbons (Fsp3) is 0.318. The van der Waals surface area contributed by atoms with Gasteiger partial charge in [0.2, 0.25) is 5.91 Å². The van der Waals surface area contributed by atoms with Crippen molar-refractivity contribution in [1.82, 2.24) is 10.9 Å². The first-order chi connectivity index (χ1) is 13.9. The van der Waals surface area contributed by atoms with Crippen LogP contribution >= 0.6 is 0 Å². The van der Waals surface area contributed by atoms with Crippen molar-refractivity contribution in [3.63, 3.8) is 0 Å². The molecule has 0 unspecified atom stereocenters. The molecule has 0 fully saturated rings. The molecule has 0 aromatic heterocycles. The monoisotopic (exact) mass is 397 g/mol. The van der Waals surface area contributed by atoms with Crippen LogP contribution in [0.5, 0.6) is 5.75 Å². The number of amides is 3. The first-order valence-electron chi connectivity index (χ1n) is 9.67. The summed E-state index contributed by atoms with van der Waals surface area (Å²) in [5.74, 6) is -0.560. The van der Waals surface area contributed by atoms with Crippen LogP contribution in [0.1, 0.15) is 60.7 Å². The Kier molecular flexibility index (Phi) is 8.21. The van der Waals surface area contributed by atoms with Crippen molar-refractivity contribution in [2.75, 3.05) is 5.32 Å². The molecule has 7 nitrogen and oxygen atoms in total. The molecule has 0 atom stereocenters. The number of nitrogens with one attached hydrogen (secondary N) is 3. The van der Waals surface area contributed by atoms with Gasteiger partial charge < -0.3 is 10.1 Å². The van der Waals surface area contributed by atoms with E-state index in [0.717, 1.165) is 12.8 Å². The molecule has 0 bridgehead atoms. The molecule has 2 aromatic carbocycles. The summed E-state index contributed by atoms with van der Waals surface area (Å²) in [5.41, 5.74) is 6.07. The van der Waals surface area contributed by atoms with Crippen LogP contribution in [0.3, 0.4) is 0 Å². The maximum absolute atomic E-state index is 12.4. The average Bonchev–Trinajstić information content (AvgIpc) is 2.70. The first-order valence-corrected chi connectivity index (χ1v) is 9.67. The van der Waals surface area contributed by atoms with Gasteiger partial charge in [-0.05, 0) is 56.7 Å². The van der Waals surface area contributed by atoms with Gasteiger partial charge in [0.05, 0.1) is 11.7 Å². The van der Waals surface area contributed by atoms with Gasteiger partial charge in [-0.3, -0.25) is 25.2 Å². The van der Waals surface area contributed by atoms with E-state index < -0.39 is 11.8 Å². The lowest BCUT2D eigenvalue weighted by Gasteiger charge is -2.14. The molecule has 0 saturated heterocycles. The molecule has 0 heterocycles. The van der Waals surface area contributed by atoms with E-state index in [1.165, 1.54) is 0 Å². The van der Waals surface area contributed by atoms with Crippen LogP contribution in [0.2, 0.25) is 0 Å². The Morgan fingerprint density at radius 3 is 2.24 bits per heavy atom. The number of carbonyl (C=O) groups is 3. The average molecular weight is 397 g/mol. The number of ether oxygens (including phenoxy) is 1. The van der Waals surface area contributed by atoms with Crippen molar-refractivity contribution < 1.29 is 19.1 Å². The summed E-state index contributed by atoms with van der Waals surface area (Å²) in [4.78, 5) is 36.4. The van der Waals surface area contributed by atoms with Gasteiger partial charge in [-0.2, -0.15) is 0 Å². The second kappa shape index (κ2) is 10.8. The van der Waals surface area contributed by atoms with Gasteiger partial charge in [0, 0.05) is 17.7 Å². The SMILES string of the molecule is CCCCC(=O)Nc1ccc(C(=O)NNC(=O)c2ccccc2OC(C)C)cc1. The Morgan fingerprint density at radius 1 is 0.931 bits per heavy atom. The summed E-state index contributed by atoms with van der Waals surface area (Å²) in [6.45, 7) is 5.76. The fourth-order valence-corrected chi connectivity index (χ4v) is 2.53. The van der Waals surface area contributed by atoms with Gasteiger partial charge in [-0.15, -0.1) is 0 Å². The highest BCUT2D eigenvalue weighted by Gasteiger charge is 2.14. The van der Waals surface area contributed by atoms with Gasteiger partial charge in [-0.1, -0.05) is 25.5 Å². The summed E-state index contributed by atoms with van der Waals surface area (Å²) in [5, 5.41) is 2.78. The molecule has 3 amide bonds. The molecule has 0 aliphatic carbocycles. The van der Waals surface area contributed by atoms with E-state index in [1.54, 1.807) is 48.5 Å². The number of hydrogen-bond donors (Lipinski definition) is 3. The van der Waals surface area contributed by atoms with Crippen LogP contribution in [-0.4, -0.2) is 23.8 Å². The molecule has 2 rings (SSSR count). The van der Waals surface area contributed by atoms with Crippen molar-refractivity contribution in [2.45, 2.75) is 46.1 Å². The summed E-state index contributed by atoms with van der Waals surface area (Å²) in [6, 6.07) is 13.3. The zero-order valence-electron chi connectivity index (χ0n) is 17.0. The Morgan fingerprint density at radius 2 is 1.59 bits per heavy atom. The Hall–Kier alpha value is -3.35. The topological polar surface area (TPSA) is 96.5 Å². The highest BCUT2D eigenvalue weighted by atomic mass is 16.5. The normalized spacial score (nSPS) is 10.3. The number of benzene rings is 2. The maximum Gasteiger partial charge on any atom is 0.273 e. The number of anilines is 1. The van der Waals surface area contributed by atoms with Crippen molar-refractivity contribution >= 4 is 23.4 Å². The van der Waals surface area contributed by atoms with Gasteiger partial charge in [-0.25, -0.2) is 0 Å². The molecular formula is C22H27N3O4. The molecule has 0 spiro atoms. The predicted octanol–water partition coefficient (Wildman–Crippen LogP) is 3.68. The second-order valence-electron chi connectivity index (χ2n) is 6.80. The van der Waals surface area contributed by atoms with E-state index in [1.807, 2.05) is 20.8 Å². The van der Waals surface area contributed by atoms with Gasteiger partial charge >= 0.3 is 0 Å². The lowest BCUT2D eigenvalue weighted by atomic mass is 10.2. The third-order valence-electron chi connectivity index (χ3n) is 3.97. The summed E-state index contributed by atoms with van der Waals surface area (Å²) < 4.78 is 5.62. The minimum atomic E-state index is -0.477. The van der Waals surface area contributed by atoms with Crippen molar-refractivity contribution in [3.05, 3.63) is 59.7 Å². The van der Waals surface area contributed by atoms with E-state index >= 15 is 0 Å². The van der Waals surface area contributed by atoms with Crippen molar-refractivity contribution in [3.8, 4) is 5.75 Å². The predicted molar refractivity (Wildman–Crippen MR) is 112 cm³/mol. The van der Waals surface area contributed by atoms with E-state index in [4.69, 9.17) is 4.74 Å². The largest absolute Gasteiger partial charge is 0.490 e. The van der Waals surface area contributed by atoms with E-state index in [9.17, 15) is 14.4 Å².